The SMILES string of the molecule is Cc1cc(NC(=O)c2ccco2)sc1C(=O)OCC(=O)c1ccc(F)c(F)c1. The molecule has 28 heavy (non-hydrogen) atoms. The van der Waals surface area contributed by atoms with Gasteiger partial charge in [-0.1, -0.05) is 0 Å². The van der Waals surface area contributed by atoms with E-state index in [2.05, 4.69) is 5.32 Å². The van der Waals surface area contributed by atoms with E-state index in [1.54, 1.807) is 19.1 Å². The molecule has 2 heterocycles. The summed E-state index contributed by atoms with van der Waals surface area (Å²) in [4.78, 5) is 36.4. The van der Waals surface area contributed by atoms with E-state index < -0.39 is 35.9 Å². The molecule has 2 aromatic heterocycles. The standard InChI is InChI=1S/C19H13F2NO5S/c1-10-7-16(22-18(24)15-3-2-6-26-15)28-17(10)19(25)27-9-14(23)11-4-5-12(20)13(21)8-11/h2-8H,9H2,1H3,(H,22,24). The molecule has 0 unspecified atom stereocenters. The van der Waals surface area contributed by atoms with Gasteiger partial charge in [0.1, 0.15) is 4.88 Å². The zero-order chi connectivity index (χ0) is 20.3. The highest BCUT2D eigenvalue weighted by Gasteiger charge is 2.19. The third-order valence-corrected chi connectivity index (χ3v) is 4.79. The number of ketones is 1. The fraction of sp³-hybridized carbons (Fsp3) is 0.105. The molecule has 9 heteroatoms. The molecule has 6 nitrogen and oxygen atoms in total. The number of rotatable bonds is 6. The Kier molecular flexibility index (Phi) is 5.65. The monoisotopic (exact) mass is 405 g/mol. The number of benzene rings is 1. The zero-order valence-corrected chi connectivity index (χ0v) is 15.3. The Bertz CT molecular complexity index is 1040. The van der Waals surface area contributed by atoms with E-state index in [9.17, 15) is 23.2 Å². The maximum atomic E-state index is 13.2. The number of Topliss-reactive ketones (excluding diaryl/α,β-unsaturated/α-hetero) is 1. The summed E-state index contributed by atoms with van der Waals surface area (Å²) in [5.74, 6) is -4.04. The van der Waals surface area contributed by atoms with Gasteiger partial charge in [0.15, 0.2) is 29.8 Å². The van der Waals surface area contributed by atoms with Crippen LogP contribution in [0.2, 0.25) is 0 Å². The molecule has 3 rings (SSSR count). The average Bonchev–Trinajstić information content (AvgIpc) is 3.31. The van der Waals surface area contributed by atoms with E-state index in [0.717, 1.165) is 29.5 Å². The zero-order valence-electron chi connectivity index (χ0n) is 14.5. The van der Waals surface area contributed by atoms with Crippen LogP contribution in [0, 0.1) is 18.6 Å². The van der Waals surface area contributed by atoms with Gasteiger partial charge in [-0.05, 0) is 48.9 Å². The lowest BCUT2D eigenvalue weighted by Crippen LogP contribution is -2.14. The Morgan fingerprint density at radius 1 is 1.14 bits per heavy atom. The first-order valence-corrected chi connectivity index (χ1v) is 8.77. The van der Waals surface area contributed by atoms with Gasteiger partial charge < -0.3 is 14.5 Å². The predicted molar refractivity (Wildman–Crippen MR) is 96.7 cm³/mol. The lowest BCUT2D eigenvalue weighted by molar-refractivity contribution is 0.0479. The van der Waals surface area contributed by atoms with Gasteiger partial charge >= 0.3 is 5.97 Å². The molecule has 0 bridgehead atoms. The van der Waals surface area contributed by atoms with Crippen molar-refractivity contribution in [2.45, 2.75) is 6.92 Å². The van der Waals surface area contributed by atoms with Gasteiger partial charge in [-0.15, -0.1) is 11.3 Å². The van der Waals surface area contributed by atoms with Gasteiger partial charge in [0.05, 0.1) is 11.3 Å². The largest absolute Gasteiger partial charge is 0.459 e. The van der Waals surface area contributed by atoms with E-state index in [4.69, 9.17) is 9.15 Å². The molecule has 0 aliphatic heterocycles. The Labute approximate surface area is 161 Å². The van der Waals surface area contributed by atoms with Crippen molar-refractivity contribution < 1.29 is 32.3 Å². The smallest absolute Gasteiger partial charge is 0.349 e. The fourth-order valence-corrected chi connectivity index (χ4v) is 3.24. The summed E-state index contributed by atoms with van der Waals surface area (Å²) < 4.78 is 36.1. The van der Waals surface area contributed by atoms with Crippen LogP contribution in [0.4, 0.5) is 13.8 Å². The number of nitrogens with one attached hydrogen (secondary N) is 1. The van der Waals surface area contributed by atoms with Crippen molar-refractivity contribution in [1.82, 2.24) is 0 Å². The third-order valence-electron chi connectivity index (χ3n) is 3.66. The van der Waals surface area contributed by atoms with Crippen LogP contribution >= 0.6 is 11.3 Å². The Balaban J connectivity index is 1.62. The summed E-state index contributed by atoms with van der Waals surface area (Å²) in [6.07, 6.45) is 1.36. The summed E-state index contributed by atoms with van der Waals surface area (Å²) in [5.41, 5.74) is 0.436. The van der Waals surface area contributed by atoms with Gasteiger partial charge in [0.25, 0.3) is 5.91 Å². The fourth-order valence-electron chi connectivity index (χ4n) is 2.28. The van der Waals surface area contributed by atoms with E-state index in [1.165, 1.54) is 12.3 Å². The first kappa shape index (κ1) is 19.4. The van der Waals surface area contributed by atoms with Crippen LogP contribution < -0.4 is 5.32 Å². The van der Waals surface area contributed by atoms with E-state index in [1.807, 2.05) is 0 Å². The van der Waals surface area contributed by atoms with Crippen molar-refractivity contribution in [2.75, 3.05) is 11.9 Å². The molecule has 0 atom stereocenters. The molecule has 144 valence electrons. The number of hydrogen-bond acceptors (Lipinski definition) is 6. The number of esters is 1. The minimum absolute atomic E-state index is 0.110. The molecular formula is C19H13F2NO5S. The minimum atomic E-state index is -1.16. The summed E-state index contributed by atoms with van der Waals surface area (Å²) in [6, 6.07) is 7.31. The molecule has 0 fully saturated rings. The average molecular weight is 405 g/mol. The number of ether oxygens (including phenoxy) is 1. The van der Waals surface area contributed by atoms with Crippen LogP contribution in [0.25, 0.3) is 0 Å². The molecule has 0 saturated heterocycles. The highest BCUT2D eigenvalue weighted by molar-refractivity contribution is 7.18. The minimum Gasteiger partial charge on any atom is -0.459 e. The molecule has 0 aliphatic carbocycles. The summed E-state index contributed by atoms with van der Waals surface area (Å²) in [5, 5.41) is 3.00. The van der Waals surface area contributed by atoms with Crippen LogP contribution in [0.5, 0.6) is 0 Å². The van der Waals surface area contributed by atoms with Crippen molar-refractivity contribution in [1.29, 1.82) is 0 Å². The Morgan fingerprint density at radius 2 is 1.93 bits per heavy atom. The number of carbonyl (C=O) groups excluding carboxylic acids is 3. The summed E-state index contributed by atoms with van der Waals surface area (Å²) in [7, 11) is 0. The molecule has 1 amide bonds. The number of halogens is 2. The second-order valence-corrected chi connectivity index (χ2v) is 6.73. The van der Waals surface area contributed by atoms with Crippen molar-refractivity contribution in [3.8, 4) is 0 Å². The number of amides is 1. The van der Waals surface area contributed by atoms with Crippen LogP contribution in [0.3, 0.4) is 0 Å². The third kappa shape index (κ3) is 4.32. The quantitative estimate of drug-likeness (QED) is 0.490. The number of thiophene rings is 1. The van der Waals surface area contributed by atoms with Gasteiger partial charge in [-0.2, -0.15) is 0 Å². The van der Waals surface area contributed by atoms with Crippen LogP contribution in [0.15, 0.2) is 47.1 Å². The van der Waals surface area contributed by atoms with E-state index in [-0.39, 0.29) is 16.2 Å². The molecule has 0 aliphatic rings. The molecule has 0 spiro atoms. The van der Waals surface area contributed by atoms with Crippen LogP contribution in [-0.2, 0) is 4.74 Å². The van der Waals surface area contributed by atoms with Crippen LogP contribution in [0.1, 0.15) is 36.1 Å². The molecule has 0 radical (unpaired) electrons. The van der Waals surface area contributed by atoms with Gasteiger partial charge in [0.2, 0.25) is 0 Å². The highest BCUT2D eigenvalue weighted by atomic mass is 32.1. The number of anilines is 1. The summed E-state index contributed by atoms with van der Waals surface area (Å²) >= 11 is 0.976. The molecule has 3 aromatic rings. The van der Waals surface area contributed by atoms with Gasteiger partial charge in [-0.25, -0.2) is 13.6 Å². The number of furan rings is 1. The number of carbonyl (C=O) groups is 3. The first-order valence-electron chi connectivity index (χ1n) is 7.96. The molecule has 1 aromatic carbocycles. The predicted octanol–water partition coefficient (Wildman–Crippen LogP) is 4.22. The number of aryl methyl sites for hydroxylation is 1. The van der Waals surface area contributed by atoms with Gasteiger partial charge in [0, 0.05) is 5.56 Å². The van der Waals surface area contributed by atoms with Gasteiger partial charge in [-0.3, -0.25) is 9.59 Å². The van der Waals surface area contributed by atoms with Crippen LogP contribution in [-0.4, -0.2) is 24.3 Å². The second kappa shape index (κ2) is 8.13. The molecular weight excluding hydrogens is 392 g/mol. The topological polar surface area (TPSA) is 85.6 Å². The van der Waals surface area contributed by atoms with E-state index >= 15 is 0 Å². The lowest BCUT2D eigenvalue weighted by Gasteiger charge is -2.04. The van der Waals surface area contributed by atoms with Crippen molar-refractivity contribution >= 4 is 34.0 Å². The van der Waals surface area contributed by atoms with E-state index in [0.29, 0.717) is 10.6 Å². The van der Waals surface area contributed by atoms with Crippen molar-refractivity contribution in [2.24, 2.45) is 0 Å². The molecule has 0 saturated carbocycles. The first-order chi connectivity index (χ1) is 13.3. The molecule has 1 N–H and O–H groups in total. The highest BCUT2D eigenvalue weighted by Crippen LogP contribution is 2.28. The lowest BCUT2D eigenvalue weighted by atomic mass is 10.1. The van der Waals surface area contributed by atoms with Crippen molar-refractivity contribution in [3.63, 3.8) is 0 Å². The second-order valence-electron chi connectivity index (χ2n) is 5.68. The number of hydrogen-bond donors (Lipinski definition) is 1. The maximum Gasteiger partial charge on any atom is 0.349 e. The maximum absolute atomic E-state index is 13.2. The normalized spacial score (nSPS) is 10.5. The Morgan fingerprint density at radius 3 is 2.61 bits per heavy atom. The summed E-state index contributed by atoms with van der Waals surface area (Å²) in [6.45, 7) is 1.02. The van der Waals surface area contributed by atoms with Crippen molar-refractivity contribution in [3.05, 3.63) is 76.1 Å². The Hall–Kier alpha value is -3.33.